The van der Waals surface area contributed by atoms with E-state index in [4.69, 9.17) is 23.2 Å². The van der Waals surface area contributed by atoms with Crippen LogP contribution in [0, 0.1) is 0 Å². The first-order chi connectivity index (χ1) is 9.60. The zero-order chi connectivity index (χ0) is 14.5. The Balaban J connectivity index is 1.96. The molecule has 0 bridgehead atoms. The summed E-state index contributed by atoms with van der Waals surface area (Å²) in [6, 6.07) is 5.85. The molecule has 1 atom stereocenters. The first-order valence-corrected chi connectivity index (χ1v) is 7.81. The monoisotopic (exact) mass is 314 g/mol. The van der Waals surface area contributed by atoms with Gasteiger partial charge in [0.1, 0.15) is 0 Å². The average molecular weight is 315 g/mol. The van der Waals surface area contributed by atoms with Crippen molar-refractivity contribution in [1.29, 1.82) is 0 Å². The molecule has 1 amide bonds. The van der Waals surface area contributed by atoms with E-state index < -0.39 is 0 Å². The quantitative estimate of drug-likeness (QED) is 0.902. The third-order valence-electron chi connectivity index (χ3n) is 3.68. The van der Waals surface area contributed by atoms with Crippen molar-refractivity contribution < 1.29 is 4.79 Å². The van der Waals surface area contributed by atoms with Gasteiger partial charge in [-0.2, -0.15) is 0 Å². The largest absolute Gasteiger partial charge is 0.339 e. The van der Waals surface area contributed by atoms with E-state index in [-0.39, 0.29) is 5.91 Å². The molecule has 1 N–H and O–H groups in total. The van der Waals surface area contributed by atoms with Gasteiger partial charge in [0, 0.05) is 25.6 Å². The molecule has 1 aliphatic rings. The Morgan fingerprint density at radius 1 is 1.40 bits per heavy atom. The first kappa shape index (κ1) is 15.6. The lowest BCUT2D eigenvalue weighted by atomic mass is 10.1. The molecule has 0 aromatic heterocycles. The third kappa shape index (κ3) is 4.11. The van der Waals surface area contributed by atoms with Gasteiger partial charge >= 0.3 is 0 Å². The van der Waals surface area contributed by atoms with Crippen LogP contribution in [0.5, 0.6) is 0 Å². The van der Waals surface area contributed by atoms with Crippen LogP contribution in [0.3, 0.4) is 0 Å². The number of amides is 1. The molecular weight excluding hydrogens is 295 g/mol. The van der Waals surface area contributed by atoms with Crippen LogP contribution < -0.4 is 5.32 Å². The lowest BCUT2D eigenvalue weighted by molar-refractivity contribution is -0.132. The molecule has 1 saturated heterocycles. The first-order valence-electron chi connectivity index (χ1n) is 7.05. The van der Waals surface area contributed by atoms with Crippen LogP contribution in [-0.2, 0) is 11.3 Å². The van der Waals surface area contributed by atoms with Crippen LogP contribution in [0.4, 0.5) is 0 Å². The van der Waals surface area contributed by atoms with Crippen molar-refractivity contribution in [3.63, 3.8) is 0 Å². The fraction of sp³-hybridized carbons (Fsp3) is 0.533. The minimum absolute atomic E-state index is 0.193. The Bertz CT molecular complexity index is 473. The van der Waals surface area contributed by atoms with E-state index in [0.717, 1.165) is 24.9 Å². The van der Waals surface area contributed by atoms with Crippen molar-refractivity contribution in [3.05, 3.63) is 33.8 Å². The molecule has 3 nitrogen and oxygen atoms in total. The summed E-state index contributed by atoms with van der Waals surface area (Å²) in [4.78, 5) is 14.2. The number of hydrogen-bond donors (Lipinski definition) is 1. The van der Waals surface area contributed by atoms with Crippen LogP contribution in [-0.4, -0.2) is 29.9 Å². The fourth-order valence-corrected chi connectivity index (χ4v) is 2.83. The van der Waals surface area contributed by atoms with Gasteiger partial charge in [0.25, 0.3) is 0 Å². The molecule has 1 fully saturated rings. The molecule has 2 rings (SSSR count). The molecule has 20 heavy (non-hydrogen) atoms. The second-order valence-corrected chi connectivity index (χ2v) is 5.97. The van der Waals surface area contributed by atoms with E-state index in [2.05, 4.69) is 5.32 Å². The maximum absolute atomic E-state index is 12.3. The van der Waals surface area contributed by atoms with E-state index in [1.807, 2.05) is 24.0 Å². The van der Waals surface area contributed by atoms with Gasteiger partial charge in [-0.15, -0.1) is 0 Å². The topological polar surface area (TPSA) is 32.3 Å². The van der Waals surface area contributed by atoms with E-state index in [1.165, 1.54) is 0 Å². The molecule has 1 aromatic carbocycles. The highest BCUT2D eigenvalue weighted by atomic mass is 35.5. The molecule has 0 saturated carbocycles. The highest BCUT2D eigenvalue weighted by Crippen LogP contribution is 2.23. The molecule has 110 valence electrons. The summed E-state index contributed by atoms with van der Waals surface area (Å²) < 4.78 is 0. The normalized spacial score (nSPS) is 18.2. The predicted molar refractivity (Wildman–Crippen MR) is 83.2 cm³/mol. The van der Waals surface area contributed by atoms with Gasteiger partial charge < -0.3 is 10.2 Å². The maximum Gasteiger partial charge on any atom is 0.224 e. The summed E-state index contributed by atoms with van der Waals surface area (Å²) >= 11 is 11.9. The van der Waals surface area contributed by atoms with Crippen LogP contribution in [0.15, 0.2) is 18.2 Å². The van der Waals surface area contributed by atoms with Gasteiger partial charge in [-0.05, 0) is 44.0 Å². The molecule has 0 radical (unpaired) electrons. The van der Waals surface area contributed by atoms with Crippen molar-refractivity contribution in [1.82, 2.24) is 10.2 Å². The van der Waals surface area contributed by atoms with Gasteiger partial charge in [0.05, 0.1) is 10.0 Å². The number of hydrogen-bond acceptors (Lipinski definition) is 2. The highest BCUT2D eigenvalue weighted by Gasteiger charge is 2.21. The number of nitrogens with one attached hydrogen (secondary N) is 1. The third-order valence-corrected chi connectivity index (χ3v) is 4.41. The van der Waals surface area contributed by atoms with E-state index in [0.29, 0.717) is 35.6 Å². The molecule has 5 heteroatoms. The Kier molecular flexibility index (Phi) is 5.70. The average Bonchev–Trinajstić information content (AvgIpc) is 2.92. The number of benzene rings is 1. The Morgan fingerprint density at radius 2 is 2.20 bits per heavy atom. The molecule has 1 heterocycles. The van der Waals surface area contributed by atoms with Gasteiger partial charge in [-0.25, -0.2) is 0 Å². The molecule has 1 unspecified atom stereocenters. The minimum atomic E-state index is 0.193. The number of carbonyl (C=O) groups is 1. The fourth-order valence-electron chi connectivity index (χ4n) is 2.51. The van der Waals surface area contributed by atoms with Gasteiger partial charge in [-0.1, -0.05) is 29.3 Å². The van der Waals surface area contributed by atoms with E-state index in [1.54, 1.807) is 6.07 Å². The minimum Gasteiger partial charge on any atom is -0.339 e. The summed E-state index contributed by atoms with van der Waals surface area (Å²) in [5.41, 5.74) is 1.01. The zero-order valence-corrected chi connectivity index (χ0v) is 13.2. The maximum atomic E-state index is 12.3. The number of nitrogens with zero attached hydrogens (tertiary/aromatic N) is 1. The van der Waals surface area contributed by atoms with E-state index >= 15 is 0 Å². The van der Waals surface area contributed by atoms with Gasteiger partial charge in [0.15, 0.2) is 0 Å². The van der Waals surface area contributed by atoms with E-state index in [9.17, 15) is 4.79 Å². The van der Waals surface area contributed by atoms with Crippen molar-refractivity contribution in [2.75, 3.05) is 13.1 Å². The second-order valence-electron chi connectivity index (χ2n) is 5.15. The Morgan fingerprint density at radius 3 is 2.80 bits per heavy atom. The molecule has 0 spiro atoms. The number of carbonyl (C=O) groups excluding carboxylic acids is 1. The SMILES string of the molecule is CCN(Cc1ccc(Cl)c(Cl)c1)C(=O)CC1CCCN1. The van der Waals surface area contributed by atoms with Crippen molar-refractivity contribution >= 4 is 29.1 Å². The highest BCUT2D eigenvalue weighted by molar-refractivity contribution is 6.42. The Labute approximate surface area is 130 Å². The molecule has 1 aliphatic heterocycles. The lowest BCUT2D eigenvalue weighted by Crippen LogP contribution is -2.35. The van der Waals surface area contributed by atoms with Crippen molar-refractivity contribution in [2.45, 2.75) is 38.8 Å². The standard InChI is InChI=1S/C15H20Cl2N2O/c1-2-19(15(20)9-12-4-3-7-18-12)10-11-5-6-13(16)14(17)8-11/h5-6,8,12,18H,2-4,7,9-10H2,1H3. The Hall–Kier alpha value is -0.770. The number of halogens is 2. The summed E-state index contributed by atoms with van der Waals surface area (Å²) in [7, 11) is 0. The van der Waals surface area contributed by atoms with Crippen molar-refractivity contribution in [2.24, 2.45) is 0 Å². The zero-order valence-electron chi connectivity index (χ0n) is 11.7. The molecular formula is C15H20Cl2N2O. The van der Waals surface area contributed by atoms with Crippen LogP contribution in [0.2, 0.25) is 10.0 Å². The van der Waals surface area contributed by atoms with Crippen LogP contribution >= 0.6 is 23.2 Å². The lowest BCUT2D eigenvalue weighted by Gasteiger charge is -2.23. The molecule has 1 aromatic rings. The smallest absolute Gasteiger partial charge is 0.224 e. The van der Waals surface area contributed by atoms with Crippen LogP contribution in [0.25, 0.3) is 0 Å². The van der Waals surface area contributed by atoms with Gasteiger partial charge in [0.2, 0.25) is 5.91 Å². The van der Waals surface area contributed by atoms with Crippen molar-refractivity contribution in [3.8, 4) is 0 Å². The second kappa shape index (κ2) is 7.30. The number of rotatable bonds is 5. The van der Waals surface area contributed by atoms with Crippen LogP contribution in [0.1, 0.15) is 31.7 Å². The summed E-state index contributed by atoms with van der Waals surface area (Å²) in [6.45, 7) is 4.30. The predicted octanol–water partition coefficient (Wildman–Crippen LogP) is 3.48. The van der Waals surface area contributed by atoms with Gasteiger partial charge in [-0.3, -0.25) is 4.79 Å². The molecule has 0 aliphatic carbocycles. The summed E-state index contributed by atoms with van der Waals surface area (Å²) in [6.07, 6.45) is 2.84. The summed E-state index contributed by atoms with van der Waals surface area (Å²) in [5.74, 6) is 0.193. The summed E-state index contributed by atoms with van der Waals surface area (Å²) in [5, 5.41) is 4.43.